The summed E-state index contributed by atoms with van der Waals surface area (Å²) in [5.74, 6) is 1.15. The van der Waals surface area contributed by atoms with Gasteiger partial charge >= 0.3 is 0 Å². The fraction of sp³-hybridized carbons (Fsp3) is 0.556. The first-order valence-electron chi connectivity index (χ1n) is 8.48. The molecule has 0 spiro atoms. The summed E-state index contributed by atoms with van der Waals surface area (Å²) in [6, 6.07) is 9.92. The number of benzene rings is 1. The molecule has 1 aromatic carbocycles. The van der Waals surface area contributed by atoms with E-state index in [9.17, 15) is 9.59 Å². The van der Waals surface area contributed by atoms with Gasteiger partial charge in [0.2, 0.25) is 11.8 Å². The maximum absolute atomic E-state index is 12.1. The van der Waals surface area contributed by atoms with E-state index in [0.717, 1.165) is 43.9 Å². The van der Waals surface area contributed by atoms with Gasteiger partial charge in [0, 0.05) is 44.9 Å². The quantitative estimate of drug-likeness (QED) is 0.812. The lowest BCUT2D eigenvalue weighted by atomic mass is 10.2. The van der Waals surface area contributed by atoms with Crippen LogP contribution >= 0.6 is 11.8 Å². The van der Waals surface area contributed by atoms with Crippen molar-refractivity contribution in [2.75, 3.05) is 44.7 Å². The van der Waals surface area contributed by atoms with Crippen LogP contribution in [-0.4, -0.2) is 66.3 Å². The minimum absolute atomic E-state index is 0.0426. The topological polar surface area (TPSA) is 52.7 Å². The van der Waals surface area contributed by atoms with Gasteiger partial charge in [0.15, 0.2) is 0 Å². The minimum Gasteiger partial charge on any atom is -0.351 e. The molecule has 6 heteroatoms. The predicted octanol–water partition coefficient (Wildman–Crippen LogP) is 1.59. The van der Waals surface area contributed by atoms with Gasteiger partial charge < -0.3 is 10.2 Å². The van der Waals surface area contributed by atoms with Crippen LogP contribution < -0.4 is 5.32 Å². The van der Waals surface area contributed by atoms with Crippen molar-refractivity contribution >= 4 is 23.6 Å². The number of hydrogen-bond donors (Lipinski definition) is 1. The van der Waals surface area contributed by atoms with Crippen molar-refractivity contribution in [1.29, 1.82) is 0 Å². The second-order valence-electron chi connectivity index (χ2n) is 6.02. The van der Waals surface area contributed by atoms with Crippen LogP contribution in [0.3, 0.4) is 0 Å². The summed E-state index contributed by atoms with van der Waals surface area (Å²) in [6.45, 7) is 4.12. The van der Waals surface area contributed by atoms with Crippen LogP contribution in [0.25, 0.3) is 0 Å². The van der Waals surface area contributed by atoms with E-state index >= 15 is 0 Å². The molecule has 1 saturated heterocycles. The molecule has 2 amide bonds. The lowest BCUT2D eigenvalue weighted by Crippen LogP contribution is -2.40. The van der Waals surface area contributed by atoms with Gasteiger partial charge in [-0.1, -0.05) is 30.3 Å². The van der Waals surface area contributed by atoms with Gasteiger partial charge in [-0.15, -0.1) is 0 Å². The summed E-state index contributed by atoms with van der Waals surface area (Å²) in [6.07, 6.45) is 3.56. The first-order chi connectivity index (χ1) is 11.7. The van der Waals surface area contributed by atoms with E-state index in [1.165, 1.54) is 0 Å². The summed E-state index contributed by atoms with van der Waals surface area (Å²) in [5.41, 5.74) is 1.10. The summed E-state index contributed by atoms with van der Waals surface area (Å²) in [7, 11) is 0. The molecule has 1 aromatic rings. The summed E-state index contributed by atoms with van der Waals surface area (Å²) in [4.78, 5) is 28.3. The van der Waals surface area contributed by atoms with Crippen LogP contribution in [0.5, 0.6) is 0 Å². The van der Waals surface area contributed by atoms with Crippen LogP contribution in [-0.2, 0) is 16.1 Å². The zero-order valence-electron chi connectivity index (χ0n) is 14.4. The van der Waals surface area contributed by atoms with E-state index in [0.29, 0.717) is 19.5 Å². The molecule has 0 unspecified atom stereocenters. The second kappa shape index (κ2) is 10.4. The minimum atomic E-state index is 0.0426. The van der Waals surface area contributed by atoms with Crippen LogP contribution in [0.2, 0.25) is 0 Å². The molecule has 0 bridgehead atoms. The Balaban J connectivity index is 1.71. The number of hydrogen-bond acceptors (Lipinski definition) is 4. The van der Waals surface area contributed by atoms with E-state index in [-0.39, 0.29) is 11.8 Å². The number of thioether (sulfide) groups is 1. The Morgan fingerprint density at radius 2 is 1.92 bits per heavy atom. The van der Waals surface area contributed by atoms with Gasteiger partial charge in [0.1, 0.15) is 0 Å². The van der Waals surface area contributed by atoms with E-state index in [1.807, 2.05) is 41.5 Å². The number of rotatable bonds is 7. The molecule has 0 radical (unpaired) electrons. The van der Waals surface area contributed by atoms with Crippen LogP contribution in [0, 0.1) is 0 Å². The van der Waals surface area contributed by atoms with Gasteiger partial charge in [-0.25, -0.2) is 0 Å². The molecule has 1 aliphatic heterocycles. The highest BCUT2D eigenvalue weighted by molar-refractivity contribution is 7.98. The fourth-order valence-electron chi connectivity index (χ4n) is 2.78. The zero-order chi connectivity index (χ0) is 17.2. The molecule has 2 rings (SSSR count). The number of nitrogens with one attached hydrogen (secondary N) is 1. The molecule has 1 N–H and O–H groups in total. The molecule has 1 aliphatic rings. The molecule has 5 nitrogen and oxygen atoms in total. The van der Waals surface area contributed by atoms with Crippen molar-refractivity contribution in [3.05, 3.63) is 35.9 Å². The Labute approximate surface area is 148 Å². The molecule has 0 saturated carbocycles. The summed E-state index contributed by atoms with van der Waals surface area (Å²) >= 11 is 1.70. The average molecular weight is 350 g/mol. The smallest absolute Gasteiger partial charge is 0.234 e. The highest BCUT2D eigenvalue weighted by Gasteiger charge is 2.19. The molecular weight excluding hydrogens is 322 g/mol. The predicted molar refractivity (Wildman–Crippen MR) is 98.9 cm³/mol. The maximum atomic E-state index is 12.1. The van der Waals surface area contributed by atoms with Crippen molar-refractivity contribution in [2.45, 2.75) is 19.4 Å². The first kappa shape index (κ1) is 18.8. The molecule has 0 aliphatic carbocycles. The summed E-state index contributed by atoms with van der Waals surface area (Å²) in [5, 5.41) is 2.96. The Morgan fingerprint density at radius 1 is 1.12 bits per heavy atom. The van der Waals surface area contributed by atoms with Gasteiger partial charge in [-0.05, 0) is 18.2 Å². The number of carbonyl (C=O) groups is 2. The highest BCUT2D eigenvalue weighted by Crippen LogP contribution is 2.07. The summed E-state index contributed by atoms with van der Waals surface area (Å²) < 4.78 is 0. The lowest BCUT2D eigenvalue weighted by molar-refractivity contribution is -0.130. The standard InChI is InChI=1S/C18H27N3O2S/c1-24-13-8-18(23)21-10-5-9-20(11-12-21)15-17(22)19-14-16-6-3-2-4-7-16/h2-4,6-7H,5,8-15H2,1H3,(H,19,22). The monoisotopic (exact) mass is 349 g/mol. The SMILES string of the molecule is CSCCC(=O)N1CCCN(CC(=O)NCc2ccccc2)CC1. The van der Waals surface area contributed by atoms with Crippen molar-refractivity contribution < 1.29 is 9.59 Å². The Hall–Kier alpha value is -1.53. The molecule has 132 valence electrons. The third-order valence-corrected chi connectivity index (χ3v) is 4.77. The Kier molecular flexibility index (Phi) is 8.12. The molecule has 0 atom stereocenters. The van der Waals surface area contributed by atoms with Gasteiger partial charge in [0.25, 0.3) is 0 Å². The third kappa shape index (κ3) is 6.53. The van der Waals surface area contributed by atoms with Gasteiger partial charge in [0.05, 0.1) is 6.54 Å². The number of amides is 2. The maximum Gasteiger partial charge on any atom is 0.234 e. The van der Waals surface area contributed by atoms with Crippen molar-refractivity contribution in [1.82, 2.24) is 15.1 Å². The van der Waals surface area contributed by atoms with E-state index in [1.54, 1.807) is 11.8 Å². The number of carbonyl (C=O) groups excluding carboxylic acids is 2. The van der Waals surface area contributed by atoms with E-state index < -0.39 is 0 Å². The Bertz CT molecular complexity index is 524. The molecule has 1 fully saturated rings. The second-order valence-corrected chi connectivity index (χ2v) is 7.00. The first-order valence-corrected chi connectivity index (χ1v) is 9.88. The fourth-order valence-corrected chi connectivity index (χ4v) is 3.16. The van der Waals surface area contributed by atoms with Crippen molar-refractivity contribution in [3.63, 3.8) is 0 Å². The molecule has 24 heavy (non-hydrogen) atoms. The van der Waals surface area contributed by atoms with Gasteiger partial charge in [-0.2, -0.15) is 11.8 Å². The third-order valence-electron chi connectivity index (χ3n) is 4.16. The van der Waals surface area contributed by atoms with E-state index in [2.05, 4.69) is 10.2 Å². The zero-order valence-corrected chi connectivity index (χ0v) is 15.2. The van der Waals surface area contributed by atoms with Crippen LogP contribution in [0.1, 0.15) is 18.4 Å². The normalized spacial score (nSPS) is 15.8. The Morgan fingerprint density at radius 3 is 2.67 bits per heavy atom. The van der Waals surface area contributed by atoms with E-state index in [4.69, 9.17) is 0 Å². The van der Waals surface area contributed by atoms with Crippen molar-refractivity contribution in [3.8, 4) is 0 Å². The lowest BCUT2D eigenvalue weighted by Gasteiger charge is -2.21. The van der Waals surface area contributed by atoms with Crippen molar-refractivity contribution in [2.24, 2.45) is 0 Å². The molecule has 0 aromatic heterocycles. The van der Waals surface area contributed by atoms with Gasteiger partial charge in [-0.3, -0.25) is 14.5 Å². The molecule has 1 heterocycles. The largest absolute Gasteiger partial charge is 0.351 e. The van der Waals surface area contributed by atoms with Crippen LogP contribution in [0.15, 0.2) is 30.3 Å². The average Bonchev–Trinajstić information content (AvgIpc) is 2.84. The highest BCUT2D eigenvalue weighted by atomic mass is 32.2. The molecular formula is C18H27N3O2S. The van der Waals surface area contributed by atoms with Crippen LogP contribution in [0.4, 0.5) is 0 Å². The number of nitrogens with zero attached hydrogens (tertiary/aromatic N) is 2.